The second-order valence-electron chi connectivity index (χ2n) is 11.8. The molecule has 5 atom stereocenters. The third-order valence-corrected chi connectivity index (χ3v) is 10.9. The van der Waals surface area contributed by atoms with Crippen LogP contribution in [0.25, 0.3) is 0 Å². The second-order valence-corrected chi connectivity index (χ2v) is 13.4. The molecule has 5 rings (SSSR count). The van der Waals surface area contributed by atoms with Gasteiger partial charge in [0.05, 0.1) is 23.5 Å². The number of benzene rings is 2. The first kappa shape index (κ1) is 27.8. The van der Waals surface area contributed by atoms with Crippen LogP contribution in [0, 0.1) is 24.2 Å². The van der Waals surface area contributed by atoms with Crippen LogP contribution in [0.15, 0.2) is 51.8 Å². The Balaban J connectivity index is 1.39. The summed E-state index contributed by atoms with van der Waals surface area (Å²) in [5.41, 5.74) is 2.08. The molecule has 3 aliphatic carbocycles. The summed E-state index contributed by atoms with van der Waals surface area (Å²) in [6.45, 7) is 7.57. The number of aryl methyl sites for hydroxylation is 2. The van der Waals surface area contributed by atoms with Crippen LogP contribution in [0.5, 0.6) is 5.75 Å². The normalized spacial score (nSPS) is 30.2. The summed E-state index contributed by atoms with van der Waals surface area (Å²) in [6, 6.07) is 12.6. The molecular weight excluding hydrogens is 514 g/mol. The maximum absolute atomic E-state index is 13.1. The zero-order chi connectivity index (χ0) is 28.0. The van der Waals surface area contributed by atoms with Gasteiger partial charge in [0.15, 0.2) is 0 Å². The molecule has 0 amide bonds. The molecular formula is C31H39NO6S. The van der Waals surface area contributed by atoms with Crippen molar-refractivity contribution >= 4 is 21.9 Å². The minimum absolute atomic E-state index is 0.0802. The highest BCUT2D eigenvalue weighted by molar-refractivity contribution is 7.90. The van der Waals surface area contributed by atoms with Crippen molar-refractivity contribution in [3.63, 3.8) is 0 Å². The molecule has 2 fully saturated rings. The molecule has 2 aromatic carbocycles. The average molecular weight is 554 g/mol. The fourth-order valence-electron chi connectivity index (χ4n) is 7.61. The Kier molecular flexibility index (Phi) is 7.40. The van der Waals surface area contributed by atoms with Gasteiger partial charge in [-0.3, -0.25) is 4.79 Å². The van der Waals surface area contributed by atoms with E-state index in [9.17, 15) is 18.3 Å². The quantitative estimate of drug-likeness (QED) is 0.212. The predicted molar refractivity (Wildman–Crippen MR) is 149 cm³/mol. The number of fused-ring (bicyclic) bond motifs is 5. The van der Waals surface area contributed by atoms with E-state index in [0.717, 1.165) is 37.7 Å². The molecule has 0 heterocycles. The highest BCUT2D eigenvalue weighted by atomic mass is 32.2. The molecule has 1 N–H and O–H groups in total. The van der Waals surface area contributed by atoms with E-state index in [1.807, 2.05) is 19.1 Å². The lowest BCUT2D eigenvalue weighted by molar-refractivity contribution is -0.131. The molecule has 8 heteroatoms. The second kappa shape index (κ2) is 10.4. The van der Waals surface area contributed by atoms with Crippen molar-refractivity contribution in [1.29, 1.82) is 0 Å². The standard InChI is InChI=1S/C31H39NO6S/c1-5-37-29(32-39(35,36)24-10-6-20(2)7-11-24)19-31(34)17-15-28-27-12-8-22-18-23(38-21(3)33)9-13-25(22)26(27)14-16-30(28,31)4/h6-7,9-11,13,18,26-28,34H,5,8,12,14-17,19H2,1-4H3/b32-29+/t26-,27-,28+,30+,31-/m1/s1. The van der Waals surface area contributed by atoms with E-state index in [-0.39, 0.29) is 35.2 Å². The van der Waals surface area contributed by atoms with E-state index in [0.29, 0.717) is 29.9 Å². The van der Waals surface area contributed by atoms with Gasteiger partial charge in [-0.25, -0.2) is 0 Å². The van der Waals surface area contributed by atoms with Crippen molar-refractivity contribution in [2.75, 3.05) is 6.61 Å². The van der Waals surface area contributed by atoms with Crippen molar-refractivity contribution in [2.45, 2.75) is 89.1 Å². The Bertz CT molecular complexity index is 1380. The lowest BCUT2D eigenvalue weighted by atomic mass is 9.53. The molecule has 0 radical (unpaired) electrons. The molecule has 0 aliphatic heterocycles. The lowest BCUT2D eigenvalue weighted by Gasteiger charge is -2.53. The van der Waals surface area contributed by atoms with E-state index >= 15 is 0 Å². The van der Waals surface area contributed by atoms with Gasteiger partial charge in [-0.05, 0) is 111 Å². The van der Waals surface area contributed by atoms with Gasteiger partial charge in [0.2, 0.25) is 5.90 Å². The van der Waals surface area contributed by atoms with Crippen molar-refractivity contribution in [3.8, 4) is 5.75 Å². The van der Waals surface area contributed by atoms with Crippen LogP contribution < -0.4 is 4.74 Å². The van der Waals surface area contributed by atoms with Gasteiger partial charge in [-0.2, -0.15) is 8.42 Å². The van der Waals surface area contributed by atoms with E-state index in [4.69, 9.17) is 9.47 Å². The van der Waals surface area contributed by atoms with Gasteiger partial charge < -0.3 is 14.6 Å². The molecule has 2 aromatic rings. The van der Waals surface area contributed by atoms with E-state index in [1.165, 1.54) is 18.1 Å². The number of carbonyl (C=O) groups is 1. The van der Waals surface area contributed by atoms with E-state index in [2.05, 4.69) is 17.4 Å². The summed E-state index contributed by atoms with van der Waals surface area (Å²) in [6.07, 6.45) is 5.28. The summed E-state index contributed by atoms with van der Waals surface area (Å²) >= 11 is 0. The molecule has 7 nitrogen and oxygen atoms in total. The number of esters is 1. The molecule has 39 heavy (non-hydrogen) atoms. The largest absolute Gasteiger partial charge is 0.480 e. The summed E-state index contributed by atoms with van der Waals surface area (Å²) in [4.78, 5) is 11.5. The van der Waals surface area contributed by atoms with Crippen molar-refractivity contribution in [2.24, 2.45) is 21.6 Å². The molecule has 0 saturated heterocycles. The summed E-state index contributed by atoms with van der Waals surface area (Å²) in [7, 11) is -3.96. The number of aliphatic hydroxyl groups is 1. The number of rotatable bonds is 6. The number of hydrogen-bond acceptors (Lipinski definition) is 6. The van der Waals surface area contributed by atoms with Gasteiger partial charge in [0.1, 0.15) is 5.75 Å². The summed E-state index contributed by atoms with van der Waals surface area (Å²) in [5, 5.41) is 12.1. The van der Waals surface area contributed by atoms with Gasteiger partial charge in [0, 0.05) is 6.92 Å². The average Bonchev–Trinajstić information content (AvgIpc) is 3.13. The number of ether oxygens (including phenoxy) is 2. The van der Waals surface area contributed by atoms with Crippen molar-refractivity contribution < 1.29 is 27.8 Å². The van der Waals surface area contributed by atoms with Crippen LogP contribution in [0.3, 0.4) is 0 Å². The number of sulfonamides is 1. The Morgan fingerprint density at radius 1 is 1.10 bits per heavy atom. The van der Waals surface area contributed by atoms with Crippen molar-refractivity contribution in [3.05, 3.63) is 59.2 Å². The van der Waals surface area contributed by atoms with Gasteiger partial charge in [-0.1, -0.05) is 30.7 Å². The van der Waals surface area contributed by atoms with Crippen LogP contribution in [-0.4, -0.2) is 37.6 Å². The number of nitrogens with zero attached hydrogens (tertiary/aromatic N) is 1. The first-order valence-corrected chi connectivity index (χ1v) is 15.5. The minimum Gasteiger partial charge on any atom is -0.480 e. The third-order valence-electron chi connectivity index (χ3n) is 9.58. The van der Waals surface area contributed by atoms with Gasteiger partial charge >= 0.3 is 5.97 Å². The first-order chi connectivity index (χ1) is 18.5. The Morgan fingerprint density at radius 2 is 1.85 bits per heavy atom. The zero-order valence-corrected chi connectivity index (χ0v) is 24.1. The zero-order valence-electron chi connectivity index (χ0n) is 23.3. The predicted octanol–water partition coefficient (Wildman–Crippen LogP) is 5.72. The SMILES string of the molecule is CCO/C(C[C@]1(O)CC[C@H]2[C@@H]3CCc4cc(OC(C)=O)ccc4[C@H]3CC[C@@]21C)=N/S(=O)(=O)c1ccc(C)cc1. The van der Waals surface area contributed by atoms with Gasteiger partial charge in [0.25, 0.3) is 10.0 Å². The molecule has 0 unspecified atom stereocenters. The molecule has 0 bridgehead atoms. The lowest BCUT2D eigenvalue weighted by Crippen LogP contribution is -2.51. The van der Waals surface area contributed by atoms with Crippen LogP contribution >= 0.6 is 0 Å². The van der Waals surface area contributed by atoms with Crippen LogP contribution in [0.1, 0.15) is 81.9 Å². The maximum Gasteiger partial charge on any atom is 0.308 e. The minimum atomic E-state index is -3.96. The number of hydrogen-bond donors (Lipinski definition) is 1. The van der Waals surface area contributed by atoms with Crippen LogP contribution in [-0.2, 0) is 26.0 Å². The topological polar surface area (TPSA) is 102 Å². The maximum atomic E-state index is 13.1. The molecule has 0 aromatic heterocycles. The Hall–Kier alpha value is -2.71. The highest BCUT2D eigenvalue weighted by Gasteiger charge is 2.61. The number of carbonyl (C=O) groups excluding carboxylic acids is 1. The molecule has 2 saturated carbocycles. The van der Waals surface area contributed by atoms with E-state index < -0.39 is 15.6 Å². The fourth-order valence-corrected chi connectivity index (χ4v) is 8.58. The molecule has 3 aliphatic rings. The van der Waals surface area contributed by atoms with Crippen LogP contribution in [0.4, 0.5) is 0 Å². The van der Waals surface area contributed by atoms with Crippen LogP contribution in [0.2, 0.25) is 0 Å². The monoisotopic (exact) mass is 553 g/mol. The Labute approximate surface area is 231 Å². The summed E-state index contributed by atoms with van der Waals surface area (Å²) < 4.78 is 41.3. The van der Waals surface area contributed by atoms with Gasteiger partial charge in [-0.15, -0.1) is 4.40 Å². The molecule has 0 spiro atoms. The first-order valence-electron chi connectivity index (χ1n) is 14.0. The van der Waals surface area contributed by atoms with E-state index in [1.54, 1.807) is 31.2 Å². The van der Waals surface area contributed by atoms with Crippen molar-refractivity contribution in [1.82, 2.24) is 0 Å². The third kappa shape index (κ3) is 5.13. The summed E-state index contributed by atoms with van der Waals surface area (Å²) in [5.74, 6) is 1.52. The smallest absolute Gasteiger partial charge is 0.308 e. The Morgan fingerprint density at radius 3 is 2.54 bits per heavy atom. The fraction of sp³-hybridized carbons (Fsp3) is 0.548. The molecule has 210 valence electrons. The highest BCUT2D eigenvalue weighted by Crippen LogP contribution is 2.65.